The molecule has 110 valence electrons. The molecule has 1 saturated heterocycles. The van der Waals surface area contributed by atoms with E-state index in [1.54, 1.807) is 0 Å². The van der Waals surface area contributed by atoms with Crippen LogP contribution >= 0.6 is 0 Å². The van der Waals surface area contributed by atoms with Gasteiger partial charge in [-0.05, 0) is 18.8 Å². The molecular formula is C14H29N5. The summed E-state index contributed by atoms with van der Waals surface area (Å²) in [7, 11) is 0. The molecule has 1 heterocycles. The first-order valence-electron chi connectivity index (χ1n) is 7.70. The second kappa shape index (κ2) is 7.10. The summed E-state index contributed by atoms with van der Waals surface area (Å²) in [5, 5.41) is 0. The smallest absolute Gasteiger partial charge is 0.208 e. The summed E-state index contributed by atoms with van der Waals surface area (Å²) in [5.41, 5.74) is 2.81. The Morgan fingerprint density at radius 3 is 2.37 bits per heavy atom. The average molecular weight is 267 g/mol. The number of hydrogen-bond acceptors (Lipinski definition) is 3. The molecule has 1 aliphatic heterocycles. The predicted molar refractivity (Wildman–Crippen MR) is 79.9 cm³/mol. The van der Waals surface area contributed by atoms with Crippen LogP contribution in [0.2, 0.25) is 0 Å². The zero-order chi connectivity index (χ0) is 13.7. The standard InChI is InChI=1S/C14H29N5/c1-12(2)11-18-7-9-19(10-8-18)14(17-15)16-13-5-3-4-6-13/h12-13H,3-11,15H2,1-2H3,(H,16,17). The quantitative estimate of drug-likeness (QED) is 0.347. The summed E-state index contributed by atoms with van der Waals surface area (Å²) < 4.78 is 0. The Morgan fingerprint density at radius 2 is 1.84 bits per heavy atom. The maximum Gasteiger partial charge on any atom is 0.208 e. The Balaban J connectivity index is 1.84. The number of rotatable bonds is 3. The third-order valence-electron chi connectivity index (χ3n) is 4.05. The number of guanidine groups is 1. The molecule has 0 aromatic heterocycles. The van der Waals surface area contributed by atoms with Crippen LogP contribution in [-0.2, 0) is 0 Å². The van der Waals surface area contributed by atoms with Crippen molar-refractivity contribution in [1.82, 2.24) is 15.2 Å². The minimum atomic E-state index is 0.486. The lowest BCUT2D eigenvalue weighted by Crippen LogP contribution is -2.54. The molecule has 19 heavy (non-hydrogen) atoms. The minimum Gasteiger partial charge on any atom is -0.339 e. The van der Waals surface area contributed by atoms with Gasteiger partial charge in [-0.1, -0.05) is 26.7 Å². The molecule has 5 heteroatoms. The lowest BCUT2D eigenvalue weighted by molar-refractivity contribution is 0.163. The number of hydrogen-bond donors (Lipinski definition) is 2. The van der Waals surface area contributed by atoms with E-state index < -0.39 is 0 Å². The topological polar surface area (TPSA) is 56.9 Å². The van der Waals surface area contributed by atoms with Crippen LogP contribution in [0.25, 0.3) is 0 Å². The predicted octanol–water partition coefficient (Wildman–Crippen LogP) is 1.02. The monoisotopic (exact) mass is 267 g/mol. The number of hydrazine groups is 1. The van der Waals surface area contributed by atoms with Crippen molar-refractivity contribution in [1.29, 1.82) is 0 Å². The first-order valence-corrected chi connectivity index (χ1v) is 7.70. The molecule has 1 aliphatic carbocycles. The van der Waals surface area contributed by atoms with E-state index in [9.17, 15) is 0 Å². The van der Waals surface area contributed by atoms with Gasteiger partial charge in [0.2, 0.25) is 5.96 Å². The summed E-state index contributed by atoms with van der Waals surface area (Å²) in [5.74, 6) is 7.30. The number of nitrogens with one attached hydrogen (secondary N) is 1. The SMILES string of the molecule is CC(C)CN1CCN(C(=NC2CCCC2)NN)CC1. The molecule has 5 nitrogen and oxygen atoms in total. The van der Waals surface area contributed by atoms with Gasteiger partial charge in [0.25, 0.3) is 0 Å². The number of nitrogens with two attached hydrogens (primary N) is 1. The Morgan fingerprint density at radius 1 is 1.21 bits per heavy atom. The highest BCUT2D eigenvalue weighted by molar-refractivity contribution is 5.79. The van der Waals surface area contributed by atoms with E-state index in [-0.39, 0.29) is 0 Å². The Labute approximate surface area is 117 Å². The van der Waals surface area contributed by atoms with Gasteiger partial charge in [0.15, 0.2) is 0 Å². The summed E-state index contributed by atoms with van der Waals surface area (Å²) in [6, 6.07) is 0.486. The van der Waals surface area contributed by atoms with Gasteiger partial charge in [0.1, 0.15) is 0 Å². The molecule has 2 aliphatic rings. The van der Waals surface area contributed by atoms with Crippen LogP contribution in [0, 0.1) is 5.92 Å². The average Bonchev–Trinajstić information content (AvgIpc) is 2.89. The van der Waals surface area contributed by atoms with Crippen LogP contribution < -0.4 is 11.3 Å². The largest absolute Gasteiger partial charge is 0.339 e. The van der Waals surface area contributed by atoms with Gasteiger partial charge < -0.3 is 4.90 Å². The van der Waals surface area contributed by atoms with Crippen molar-refractivity contribution in [2.24, 2.45) is 16.8 Å². The van der Waals surface area contributed by atoms with Crippen LogP contribution in [0.1, 0.15) is 39.5 Å². The van der Waals surface area contributed by atoms with Gasteiger partial charge in [-0.25, -0.2) is 10.8 Å². The van der Waals surface area contributed by atoms with Crippen LogP contribution in [0.3, 0.4) is 0 Å². The molecule has 0 unspecified atom stereocenters. The summed E-state index contributed by atoms with van der Waals surface area (Å²) in [6.07, 6.45) is 5.07. The molecule has 0 aromatic rings. The highest BCUT2D eigenvalue weighted by Crippen LogP contribution is 2.21. The van der Waals surface area contributed by atoms with E-state index in [1.165, 1.54) is 32.2 Å². The van der Waals surface area contributed by atoms with Crippen molar-refractivity contribution >= 4 is 5.96 Å². The third-order valence-corrected chi connectivity index (χ3v) is 4.05. The van der Waals surface area contributed by atoms with E-state index in [1.807, 2.05) is 0 Å². The van der Waals surface area contributed by atoms with E-state index in [2.05, 4.69) is 29.1 Å². The molecule has 3 N–H and O–H groups in total. The van der Waals surface area contributed by atoms with Crippen molar-refractivity contribution in [3.05, 3.63) is 0 Å². The lowest BCUT2D eigenvalue weighted by atomic mass is 10.2. The molecule has 2 rings (SSSR count). The normalized spacial score (nSPS) is 23.4. The highest BCUT2D eigenvalue weighted by atomic mass is 15.4. The molecule has 0 atom stereocenters. The zero-order valence-corrected chi connectivity index (χ0v) is 12.4. The van der Waals surface area contributed by atoms with Gasteiger partial charge in [-0.15, -0.1) is 0 Å². The number of aliphatic imine (C=N–C) groups is 1. The van der Waals surface area contributed by atoms with Crippen molar-refractivity contribution < 1.29 is 0 Å². The molecule has 0 spiro atoms. The molecule has 0 radical (unpaired) electrons. The van der Waals surface area contributed by atoms with Crippen molar-refractivity contribution in [2.45, 2.75) is 45.6 Å². The summed E-state index contributed by atoms with van der Waals surface area (Å²) >= 11 is 0. The summed E-state index contributed by atoms with van der Waals surface area (Å²) in [4.78, 5) is 9.62. The van der Waals surface area contributed by atoms with Crippen molar-refractivity contribution in [3.8, 4) is 0 Å². The first kappa shape index (κ1) is 14.6. The van der Waals surface area contributed by atoms with E-state index >= 15 is 0 Å². The molecule has 1 saturated carbocycles. The second-order valence-electron chi connectivity index (χ2n) is 6.22. The Hall–Kier alpha value is -0.810. The third kappa shape index (κ3) is 4.35. The van der Waals surface area contributed by atoms with E-state index in [0.29, 0.717) is 6.04 Å². The minimum absolute atomic E-state index is 0.486. The fourth-order valence-electron chi connectivity index (χ4n) is 3.08. The maximum absolute atomic E-state index is 5.66. The van der Waals surface area contributed by atoms with Crippen LogP contribution in [0.4, 0.5) is 0 Å². The zero-order valence-electron chi connectivity index (χ0n) is 12.4. The van der Waals surface area contributed by atoms with Crippen LogP contribution in [-0.4, -0.2) is 54.5 Å². The second-order valence-corrected chi connectivity index (χ2v) is 6.22. The van der Waals surface area contributed by atoms with E-state index in [4.69, 9.17) is 10.8 Å². The lowest BCUT2D eigenvalue weighted by Gasteiger charge is -2.37. The van der Waals surface area contributed by atoms with Gasteiger partial charge in [-0.3, -0.25) is 10.3 Å². The molecule has 2 fully saturated rings. The maximum atomic E-state index is 5.66. The molecule has 0 bridgehead atoms. The van der Waals surface area contributed by atoms with Gasteiger partial charge >= 0.3 is 0 Å². The molecule has 0 aromatic carbocycles. The number of nitrogens with zero attached hydrogens (tertiary/aromatic N) is 3. The Bertz CT molecular complexity index is 288. The van der Waals surface area contributed by atoms with Gasteiger partial charge in [-0.2, -0.15) is 0 Å². The van der Waals surface area contributed by atoms with Crippen molar-refractivity contribution in [2.75, 3.05) is 32.7 Å². The Kier molecular flexibility index (Phi) is 5.45. The van der Waals surface area contributed by atoms with E-state index in [0.717, 1.165) is 38.1 Å². The van der Waals surface area contributed by atoms with Crippen LogP contribution in [0.15, 0.2) is 4.99 Å². The van der Waals surface area contributed by atoms with Gasteiger partial charge in [0, 0.05) is 32.7 Å². The first-order chi connectivity index (χ1) is 9.19. The summed E-state index contributed by atoms with van der Waals surface area (Å²) in [6.45, 7) is 10.0. The molecular weight excluding hydrogens is 238 g/mol. The molecule has 0 amide bonds. The fourth-order valence-corrected chi connectivity index (χ4v) is 3.08. The van der Waals surface area contributed by atoms with Crippen molar-refractivity contribution in [3.63, 3.8) is 0 Å². The number of piperazine rings is 1. The highest BCUT2D eigenvalue weighted by Gasteiger charge is 2.21. The fraction of sp³-hybridized carbons (Fsp3) is 0.929. The van der Waals surface area contributed by atoms with Crippen LogP contribution in [0.5, 0.6) is 0 Å². The van der Waals surface area contributed by atoms with Gasteiger partial charge in [0.05, 0.1) is 6.04 Å².